The summed E-state index contributed by atoms with van der Waals surface area (Å²) in [6.07, 6.45) is 8.72. The van der Waals surface area contributed by atoms with E-state index in [-0.39, 0.29) is 6.10 Å². The molecule has 0 radical (unpaired) electrons. The van der Waals surface area contributed by atoms with Gasteiger partial charge in [0, 0.05) is 12.3 Å². The lowest BCUT2D eigenvalue weighted by atomic mass is 9.97. The minimum atomic E-state index is -0.381. The molecule has 1 saturated carbocycles. The van der Waals surface area contributed by atoms with E-state index >= 15 is 0 Å². The van der Waals surface area contributed by atoms with Gasteiger partial charge in [0.15, 0.2) is 0 Å². The number of rotatable bonds is 5. The van der Waals surface area contributed by atoms with E-state index in [0.29, 0.717) is 5.88 Å². The molecule has 1 unspecified atom stereocenters. The van der Waals surface area contributed by atoms with Gasteiger partial charge in [0.25, 0.3) is 0 Å². The number of nitrogens with zero attached hydrogens (tertiary/aromatic N) is 1. The summed E-state index contributed by atoms with van der Waals surface area (Å²) in [5.74, 6) is 1.42. The van der Waals surface area contributed by atoms with E-state index < -0.39 is 0 Å². The maximum Gasteiger partial charge on any atom is 0.212 e. The van der Waals surface area contributed by atoms with E-state index in [4.69, 9.17) is 4.74 Å². The SMILES string of the molecule is COc1ccc(C(O)CCC2CCCC2)cn1. The summed E-state index contributed by atoms with van der Waals surface area (Å²) >= 11 is 0. The fourth-order valence-electron chi connectivity index (χ4n) is 2.57. The quantitative estimate of drug-likeness (QED) is 0.852. The Morgan fingerprint density at radius 2 is 2.18 bits per heavy atom. The molecule has 3 nitrogen and oxygen atoms in total. The molecule has 17 heavy (non-hydrogen) atoms. The molecule has 1 aliphatic carbocycles. The number of ether oxygens (including phenoxy) is 1. The van der Waals surface area contributed by atoms with Crippen LogP contribution in [0.3, 0.4) is 0 Å². The molecule has 0 aromatic carbocycles. The van der Waals surface area contributed by atoms with Gasteiger partial charge in [-0.15, -0.1) is 0 Å². The second kappa shape index (κ2) is 6.01. The highest BCUT2D eigenvalue weighted by Crippen LogP contribution is 2.31. The van der Waals surface area contributed by atoms with Gasteiger partial charge in [0.1, 0.15) is 0 Å². The molecule has 1 heterocycles. The smallest absolute Gasteiger partial charge is 0.212 e. The molecule has 1 aromatic rings. The molecule has 0 saturated heterocycles. The number of aliphatic hydroxyl groups is 1. The van der Waals surface area contributed by atoms with Crippen molar-refractivity contribution in [2.75, 3.05) is 7.11 Å². The Hall–Kier alpha value is -1.09. The summed E-state index contributed by atoms with van der Waals surface area (Å²) in [6, 6.07) is 3.69. The third-order valence-corrected chi connectivity index (χ3v) is 3.68. The van der Waals surface area contributed by atoms with Crippen molar-refractivity contribution in [3.05, 3.63) is 23.9 Å². The monoisotopic (exact) mass is 235 g/mol. The molecule has 1 aromatic heterocycles. The number of aromatic nitrogens is 1. The Morgan fingerprint density at radius 3 is 2.76 bits per heavy atom. The first-order valence-electron chi connectivity index (χ1n) is 6.47. The molecule has 1 aliphatic rings. The van der Waals surface area contributed by atoms with E-state index in [9.17, 15) is 5.11 Å². The van der Waals surface area contributed by atoms with Gasteiger partial charge in [-0.3, -0.25) is 0 Å². The molecular weight excluding hydrogens is 214 g/mol. The third-order valence-electron chi connectivity index (χ3n) is 3.68. The molecule has 1 N–H and O–H groups in total. The zero-order valence-corrected chi connectivity index (χ0v) is 10.4. The van der Waals surface area contributed by atoms with Crippen LogP contribution in [-0.2, 0) is 0 Å². The Kier molecular flexibility index (Phi) is 4.37. The minimum absolute atomic E-state index is 0.381. The van der Waals surface area contributed by atoms with Crippen molar-refractivity contribution in [1.82, 2.24) is 4.98 Å². The lowest BCUT2D eigenvalue weighted by Gasteiger charge is -2.14. The van der Waals surface area contributed by atoms with Crippen molar-refractivity contribution in [2.24, 2.45) is 5.92 Å². The summed E-state index contributed by atoms with van der Waals surface area (Å²) < 4.78 is 5.00. The Bertz CT molecular complexity index is 331. The summed E-state index contributed by atoms with van der Waals surface area (Å²) in [5, 5.41) is 10.1. The number of methoxy groups -OCH3 is 1. The first-order valence-corrected chi connectivity index (χ1v) is 6.47. The van der Waals surface area contributed by atoms with Gasteiger partial charge in [-0.2, -0.15) is 0 Å². The van der Waals surface area contributed by atoms with Gasteiger partial charge >= 0.3 is 0 Å². The molecule has 0 aliphatic heterocycles. The molecule has 1 atom stereocenters. The standard InChI is InChI=1S/C14H21NO2/c1-17-14-9-7-12(10-15-14)13(16)8-6-11-4-2-3-5-11/h7,9-11,13,16H,2-6,8H2,1H3. The zero-order valence-electron chi connectivity index (χ0n) is 10.4. The normalized spacial score (nSPS) is 18.2. The van der Waals surface area contributed by atoms with Crippen LogP contribution in [0.1, 0.15) is 50.2 Å². The van der Waals surface area contributed by atoms with Crippen LogP contribution in [0, 0.1) is 5.92 Å². The topological polar surface area (TPSA) is 42.4 Å². The molecule has 1 fully saturated rings. The Morgan fingerprint density at radius 1 is 1.41 bits per heavy atom. The van der Waals surface area contributed by atoms with Gasteiger partial charge in [-0.1, -0.05) is 25.7 Å². The highest BCUT2D eigenvalue weighted by Gasteiger charge is 2.17. The van der Waals surface area contributed by atoms with Crippen LogP contribution in [-0.4, -0.2) is 17.2 Å². The van der Waals surface area contributed by atoms with Gasteiger partial charge < -0.3 is 9.84 Å². The molecule has 0 spiro atoms. The van der Waals surface area contributed by atoms with Gasteiger partial charge in [0.2, 0.25) is 5.88 Å². The molecular formula is C14H21NO2. The van der Waals surface area contributed by atoms with Gasteiger partial charge in [0.05, 0.1) is 13.2 Å². The molecule has 0 amide bonds. The molecule has 0 bridgehead atoms. The largest absolute Gasteiger partial charge is 0.481 e. The van der Waals surface area contributed by atoms with Crippen LogP contribution in [0.4, 0.5) is 0 Å². The lowest BCUT2D eigenvalue weighted by molar-refractivity contribution is 0.156. The highest BCUT2D eigenvalue weighted by atomic mass is 16.5. The summed E-state index contributed by atoms with van der Waals surface area (Å²) in [5.41, 5.74) is 0.892. The number of aliphatic hydroxyl groups excluding tert-OH is 1. The molecule has 94 valence electrons. The maximum absolute atomic E-state index is 10.1. The average Bonchev–Trinajstić information content (AvgIpc) is 2.89. The van der Waals surface area contributed by atoms with E-state index in [1.54, 1.807) is 19.4 Å². The lowest BCUT2D eigenvalue weighted by Crippen LogP contribution is -2.02. The van der Waals surface area contributed by atoms with Crippen molar-refractivity contribution in [1.29, 1.82) is 0 Å². The number of hydrogen-bond donors (Lipinski definition) is 1. The summed E-state index contributed by atoms with van der Waals surface area (Å²) in [6.45, 7) is 0. The predicted octanol–water partition coefficient (Wildman–Crippen LogP) is 3.09. The second-order valence-corrected chi connectivity index (χ2v) is 4.88. The van der Waals surface area contributed by atoms with Crippen molar-refractivity contribution < 1.29 is 9.84 Å². The molecule has 2 rings (SSSR count). The zero-order chi connectivity index (χ0) is 12.1. The summed E-state index contributed by atoms with van der Waals surface area (Å²) in [7, 11) is 1.60. The average molecular weight is 235 g/mol. The van der Waals surface area contributed by atoms with E-state index in [2.05, 4.69) is 4.98 Å². The fourth-order valence-corrected chi connectivity index (χ4v) is 2.57. The minimum Gasteiger partial charge on any atom is -0.481 e. The van der Waals surface area contributed by atoms with Crippen LogP contribution >= 0.6 is 0 Å². The van der Waals surface area contributed by atoms with Crippen molar-refractivity contribution in [2.45, 2.75) is 44.6 Å². The van der Waals surface area contributed by atoms with Crippen LogP contribution in [0.25, 0.3) is 0 Å². The van der Waals surface area contributed by atoms with Crippen LogP contribution in [0.2, 0.25) is 0 Å². The Labute approximate surface area is 103 Å². The highest BCUT2D eigenvalue weighted by molar-refractivity contribution is 5.19. The van der Waals surface area contributed by atoms with Crippen molar-refractivity contribution in [3.63, 3.8) is 0 Å². The second-order valence-electron chi connectivity index (χ2n) is 4.88. The van der Waals surface area contributed by atoms with Crippen LogP contribution in [0.15, 0.2) is 18.3 Å². The van der Waals surface area contributed by atoms with Crippen molar-refractivity contribution >= 4 is 0 Å². The van der Waals surface area contributed by atoms with Crippen LogP contribution < -0.4 is 4.74 Å². The Balaban J connectivity index is 1.83. The van der Waals surface area contributed by atoms with E-state index in [1.165, 1.54) is 25.7 Å². The van der Waals surface area contributed by atoms with Crippen LogP contribution in [0.5, 0.6) is 5.88 Å². The van der Waals surface area contributed by atoms with E-state index in [0.717, 1.165) is 24.3 Å². The summed E-state index contributed by atoms with van der Waals surface area (Å²) in [4.78, 5) is 4.12. The first-order chi connectivity index (χ1) is 8.29. The maximum atomic E-state index is 10.1. The van der Waals surface area contributed by atoms with E-state index in [1.807, 2.05) is 6.07 Å². The number of pyridine rings is 1. The molecule has 3 heteroatoms. The third kappa shape index (κ3) is 3.43. The first kappa shape index (κ1) is 12.4. The van der Waals surface area contributed by atoms with Gasteiger partial charge in [-0.25, -0.2) is 4.98 Å². The number of hydrogen-bond acceptors (Lipinski definition) is 3. The van der Waals surface area contributed by atoms with Crippen molar-refractivity contribution in [3.8, 4) is 5.88 Å². The fraction of sp³-hybridized carbons (Fsp3) is 0.643. The predicted molar refractivity (Wildman–Crippen MR) is 66.9 cm³/mol. The van der Waals surface area contributed by atoms with Gasteiger partial charge in [-0.05, 0) is 30.4 Å².